The minimum absolute atomic E-state index is 0.171. The normalized spacial score (nSPS) is 20.7. The molecule has 1 aromatic rings. The Morgan fingerprint density at radius 1 is 1.48 bits per heavy atom. The van der Waals surface area contributed by atoms with Crippen LogP contribution in [0.3, 0.4) is 0 Å². The standard InChI is InChI=1S/C17H24N2O2/c1-2-19(11-13-8-10-21-12-13)17(20)15-5-3-7-16-14(15)6-4-9-18-16/h3,5,7,13,18H,2,4,6,8-12H2,1H3. The van der Waals surface area contributed by atoms with Crippen molar-refractivity contribution < 1.29 is 9.53 Å². The minimum atomic E-state index is 0.171. The van der Waals surface area contributed by atoms with E-state index in [1.807, 2.05) is 17.0 Å². The zero-order valence-electron chi connectivity index (χ0n) is 12.7. The van der Waals surface area contributed by atoms with Gasteiger partial charge in [0.05, 0.1) is 6.61 Å². The number of nitrogens with one attached hydrogen (secondary N) is 1. The largest absolute Gasteiger partial charge is 0.385 e. The van der Waals surface area contributed by atoms with E-state index >= 15 is 0 Å². The first-order valence-electron chi connectivity index (χ1n) is 8.02. The van der Waals surface area contributed by atoms with Gasteiger partial charge in [0, 0.05) is 43.4 Å². The van der Waals surface area contributed by atoms with Gasteiger partial charge >= 0.3 is 0 Å². The number of fused-ring (bicyclic) bond motifs is 1. The van der Waals surface area contributed by atoms with Gasteiger partial charge in [-0.15, -0.1) is 0 Å². The van der Waals surface area contributed by atoms with Crippen molar-refractivity contribution in [2.75, 3.05) is 38.2 Å². The third-order valence-corrected chi connectivity index (χ3v) is 4.50. The van der Waals surface area contributed by atoms with E-state index in [1.54, 1.807) is 0 Å². The Labute approximate surface area is 126 Å². The number of hydrogen-bond acceptors (Lipinski definition) is 3. The fraction of sp³-hybridized carbons (Fsp3) is 0.588. The van der Waals surface area contributed by atoms with Gasteiger partial charge < -0.3 is 15.0 Å². The van der Waals surface area contributed by atoms with Gasteiger partial charge in [-0.2, -0.15) is 0 Å². The molecule has 1 amide bonds. The van der Waals surface area contributed by atoms with E-state index in [1.165, 1.54) is 5.56 Å². The maximum atomic E-state index is 12.9. The van der Waals surface area contributed by atoms with E-state index in [9.17, 15) is 4.79 Å². The van der Waals surface area contributed by atoms with Crippen molar-refractivity contribution in [1.29, 1.82) is 0 Å². The molecule has 0 spiro atoms. The first kappa shape index (κ1) is 14.4. The zero-order valence-corrected chi connectivity index (χ0v) is 12.7. The summed E-state index contributed by atoms with van der Waals surface area (Å²) in [6, 6.07) is 6.03. The van der Waals surface area contributed by atoms with E-state index in [0.29, 0.717) is 5.92 Å². The van der Waals surface area contributed by atoms with Gasteiger partial charge in [0.1, 0.15) is 0 Å². The van der Waals surface area contributed by atoms with Gasteiger partial charge in [-0.05, 0) is 43.9 Å². The van der Waals surface area contributed by atoms with E-state index < -0.39 is 0 Å². The second kappa shape index (κ2) is 6.48. The van der Waals surface area contributed by atoms with E-state index in [4.69, 9.17) is 4.74 Å². The highest BCUT2D eigenvalue weighted by molar-refractivity contribution is 5.97. The number of ether oxygens (including phenoxy) is 1. The maximum absolute atomic E-state index is 12.9. The maximum Gasteiger partial charge on any atom is 0.254 e. The van der Waals surface area contributed by atoms with Gasteiger partial charge in [0.15, 0.2) is 0 Å². The molecule has 0 aliphatic carbocycles. The Hall–Kier alpha value is -1.55. The summed E-state index contributed by atoms with van der Waals surface area (Å²) in [5.41, 5.74) is 3.20. The summed E-state index contributed by atoms with van der Waals surface area (Å²) >= 11 is 0. The van der Waals surface area contributed by atoms with Crippen molar-refractivity contribution in [3.05, 3.63) is 29.3 Å². The van der Waals surface area contributed by atoms with Crippen LogP contribution in [0.25, 0.3) is 0 Å². The van der Waals surface area contributed by atoms with Gasteiger partial charge in [-0.25, -0.2) is 0 Å². The van der Waals surface area contributed by atoms with Gasteiger partial charge in [0.25, 0.3) is 5.91 Å². The third kappa shape index (κ3) is 3.05. The smallest absolute Gasteiger partial charge is 0.254 e. The van der Waals surface area contributed by atoms with Crippen molar-refractivity contribution in [2.24, 2.45) is 5.92 Å². The van der Waals surface area contributed by atoms with Crippen molar-refractivity contribution in [1.82, 2.24) is 4.90 Å². The van der Waals surface area contributed by atoms with Crippen LogP contribution in [0.1, 0.15) is 35.7 Å². The van der Waals surface area contributed by atoms with E-state index in [-0.39, 0.29) is 5.91 Å². The Balaban J connectivity index is 1.79. The van der Waals surface area contributed by atoms with Crippen LogP contribution in [0.4, 0.5) is 5.69 Å². The average molecular weight is 288 g/mol. The molecule has 21 heavy (non-hydrogen) atoms. The molecule has 4 nitrogen and oxygen atoms in total. The predicted octanol–water partition coefficient (Wildman–Crippen LogP) is 2.54. The lowest BCUT2D eigenvalue weighted by Crippen LogP contribution is -2.36. The highest BCUT2D eigenvalue weighted by Gasteiger charge is 2.25. The number of nitrogens with zero attached hydrogens (tertiary/aromatic N) is 1. The van der Waals surface area contributed by atoms with Gasteiger partial charge in [-0.3, -0.25) is 4.79 Å². The average Bonchev–Trinajstić information content (AvgIpc) is 3.04. The second-order valence-corrected chi connectivity index (χ2v) is 5.94. The summed E-state index contributed by atoms with van der Waals surface area (Å²) in [7, 11) is 0. The summed E-state index contributed by atoms with van der Waals surface area (Å²) in [5.74, 6) is 0.663. The number of carbonyl (C=O) groups excluding carboxylic acids is 1. The van der Waals surface area contributed by atoms with Crippen LogP contribution >= 0.6 is 0 Å². The minimum Gasteiger partial charge on any atom is -0.385 e. The molecular weight excluding hydrogens is 264 g/mol. The molecule has 1 unspecified atom stereocenters. The number of amides is 1. The lowest BCUT2D eigenvalue weighted by atomic mass is 9.96. The van der Waals surface area contributed by atoms with Crippen LogP contribution in [0.15, 0.2) is 18.2 Å². The molecule has 2 aliphatic heterocycles. The number of anilines is 1. The van der Waals surface area contributed by atoms with Crippen LogP contribution in [0.2, 0.25) is 0 Å². The first-order valence-corrected chi connectivity index (χ1v) is 8.02. The highest BCUT2D eigenvalue weighted by atomic mass is 16.5. The summed E-state index contributed by atoms with van der Waals surface area (Å²) < 4.78 is 5.43. The lowest BCUT2D eigenvalue weighted by Gasteiger charge is -2.27. The highest BCUT2D eigenvalue weighted by Crippen LogP contribution is 2.26. The molecule has 1 atom stereocenters. The van der Waals surface area contributed by atoms with Crippen molar-refractivity contribution in [2.45, 2.75) is 26.2 Å². The third-order valence-electron chi connectivity index (χ3n) is 4.50. The summed E-state index contributed by atoms with van der Waals surface area (Å²) in [5, 5.41) is 3.40. The predicted molar refractivity (Wildman–Crippen MR) is 83.8 cm³/mol. The molecule has 3 rings (SSSR count). The molecule has 0 radical (unpaired) electrons. The van der Waals surface area contributed by atoms with Crippen molar-refractivity contribution in [3.63, 3.8) is 0 Å². The van der Waals surface area contributed by atoms with Crippen LogP contribution in [-0.4, -0.2) is 43.7 Å². The number of hydrogen-bond donors (Lipinski definition) is 1. The van der Waals surface area contributed by atoms with Crippen LogP contribution < -0.4 is 5.32 Å². The Morgan fingerprint density at radius 2 is 2.38 bits per heavy atom. The van der Waals surface area contributed by atoms with Gasteiger partial charge in [0.2, 0.25) is 0 Å². The summed E-state index contributed by atoms with van der Waals surface area (Å²) in [6.07, 6.45) is 3.16. The van der Waals surface area contributed by atoms with E-state index in [2.05, 4.69) is 18.3 Å². The molecule has 114 valence electrons. The lowest BCUT2D eigenvalue weighted by molar-refractivity contribution is 0.0729. The molecule has 1 N–H and O–H groups in total. The number of rotatable bonds is 4. The van der Waals surface area contributed by atoms with Crippen molar-refractivity contribution in [3.8, 4) is 0 Å². The van der Waals surface area contributed by atoms with E-state index in [0.717, 1.165) is 63.4 Å². The van der Waals surface area contributed by atoms with Crippen LogP contribution in [0.5, 0.6) is 0 Å². The molecule has 1 aromatic carbocycles. The molecule has 0 saturated carbocycles. The van der Waals surface area contributed by atoms with Gasteiger partial charge in [-0.1, -0.05) is 6.07 Å². The fourth-order valence-electron chi connectivity index (χ4n) is 3.28. The molecule has 2 heterocycles. The molecule has 1 fully saturated rings. The van der Waals surface area contributed by atoms with Crippen molar-refractivity contribution >= 4 is 11.6 Å². The first-order chi connectivity index (χ1) is 10.3. The van der Waals surface area contributed by atoms with Crippen LogP contribution in [0, 0.1) is 5.92 Å². The quantitative estimate of drug-likeness (QED) is 0.925. The molecule has 0 aromatic heterocycles. The monoisotopic (exact) mass is 288 g/mol. The zero-order chi connectivity index (χ0) is 14.7. The summed E-state index contributed by atoms with van der Waals surface area (Å²) in [6.45, 7) is 6.25. The second-order valence-electron chi connectivity index (χ2n) is 5.94. The topological polar surface area (TPSA) is 41.6 Å². The number of benzene rings is 1. The fourth-order valence-corrected chi connectivity index (χ4v) is 3.28. The molecule has 2 aliphatic rings. The summed E-state index contributed by atoms with van der Waals surface area (Å²) in [4.78, 5) is 14.9. The molecule has 0 bridgehead atoms. The number of carbonyl (C=O) groups is 1. The molecular formula is C17H24N2O2. The SMILES string of the molecule is CCN(CC1CCOC1)C(=O)c1cccc2c1CCCN2. The Bertz CT molecular complexity index is 510. The Kier molecular flexibility index (Phi) is 4.44. The molecule has 1 saturated heterocycles. The molecule has 4 heteroatoms. The Morgan fingerprint density at radius 3 is 3.14 bits per heavy atom. The van der Waals surface area contributed by atoms with Crippen LogP contribution in [-0.2, 0) is 11.2 Å².